The van der Waals surface area contributed by atoms with E-state index in [1.807, 2.05) is 0 Å². The monoisotopic (exact) mass is 445 g/mol. The van der Waals surface area contributed by atoms with E-state index in [4.69, 9.17) is 0 Å². The number of Topliss-reactive ketones (excluding diaryl/α,β-unsaturated/α-hetero) is 1. The van der Waals surface area contributed by atoms with E-state index in [1.165, 1.54) is 29.7 Å². The maximum atomic E-state index is 13.5. The third-order valence-corrected chi connectivity index (χ3v) is 5.38. The van der Waals surface area contributed by atoms with Crippen molar-refractivity contribution in [3.8, 4) is 0 Å². The standard InChI is InChI=1S/C23H28FN3O5/c1-11-10-14(8-9-15(11)24)25-20(29)16-12(2)17(27(7)13(16)3)18(28)21(30)26-19(22(31)32)23(4,5)6/h8-10,19H,1-7H3,(H,25,29)(H,26,30)(H,31,32). The highest BCUT2D eigenvalue weighted by atomic mass is 19.1. The van der Waals surface area contributed by atoms with Gasteiger partial charge in [-0.15, -0.1) is 0 Å². The second kappa shape index (κ2) is 8.94. The number of hydrogen-bond acceptors (Lipinski definition) is 4. The molecule has 0 bridgehead atoms. The van der Waals surface area contributed by atoms with Crippen LogP contribution in [0.2, 0.25) is 0 Å². The second-order valence-corrected chi connectivity index (χ2v) is 8.85. The van der Waals surface area contributed by atoms with Crippen LogP contribution in [0, 0.1) is 32.0 Å². The molecular formula is C23H28FN3O5. The Morgan fingerprint density at radius 2 is 1.69 bits per heavy atom. The summed E-state index contributed by atoms with van der Waals surface area (Å²) >= 11 is 0. The fourth-order valence-electron chi connectivity index (χ4n) is 3.50. The SMILES string of the molecule is Cc1cc(NC(=O)c2c(C)c(C(=O)C(=O)NC(C(=O)O)C(C)(C)C)n(C)c2C)ccc1F. The van der Waals surface area contributed by atoms with E-state index in [9.17, 15) is 28.7 Å². The number of carbonyl (C=O) groups excluding carboxylic acids is 3. The predicted octanol–water partition coefficient (Wildman–Crippen LogP) is 3.14. The lowest BCUT2D eigenvalue weighted by atomic mass is 9.86. The molecule has 0 aliphatic rings. The van der Waals surface area contributed by atoms with Crippen molar-refractivity contribution in [2.45, 2.75) is 47.6 Å². The van der Waals surface area contributed by atoms with Crippen molar-refractivity contribution in [3.63, 3.8) is 0 Å². The van der Waals surface area contributed by atoms with E-state index >= 15 is 0 Å². The van der Waals surface area contributed by atoms with Gasteiger partial charge in [0.05, 0.1) is 11.3 Å². The van der Waals surface area contributed by atoms with Gasteiger partial charge in [-0.25, -0.2) is 9.18 Å². The summed E-state index contributed by atoms with van der Waals surface area (Å²) in [5.41, 5.74) is 0.846. The van der Waals surface area contributed by atoms with Gasteiger partial charge in [-0.1, -0.05) is 20.8 Å². The minimum Gasteiger partial charge on any atom is -0.480 e. The zero-order valence-electron chi connectivity index (χ0n) is 19.2. The molecule has 0 spiro atoms. The topological polar surface area (TPSA) is 118 Å². The number of carboxylic acid groups (broad SMARTS) is 1. The van der Waals surface area contributed by atoms with Crippen molar-refractivity contribution in [1.29, 1.82) is 0 Å². The summed E-state index contributed by atoms with van der Waals surface area (Å²) in [6.07, 6.45) is 0. The van der Waals surface area contributed by atoms with Crippen molar-refractivity contribution in [2.24, 2.45) is 12.5 Å². The van der Waals surface area contributed by atoms with Crippen molar-refractivity contribution in [2.75, 3.05) is 5.32 Å². The molecule has 0 aliphatic heterocycles. The Balaban J connectivity index is 2.36. The number of nitrogens with zero attached hydrogens (tertiary/aromatic N) is 1. The summed E-state index contributed by atoms with van der Waals surface area (Å²) < 4.78 is 14.9. The maximum Gasteiger partial charge on any atom is 0.326 e. The van der Waals surface area contributed by atoms with Gasteiger partial charge >= 0.3 is 5.97 Å². The van der Waals surface area contributed by atoms with Gasteiger partial charge in [-0.3, -0.25) is 14.4 Å². The summed E-state index contributed by atoms with van der Waals surface area (Å²) in [4.78, 5) is 49.9. The Morgan fingerprint density at radius 3 is 2.19 bits per heavy atom. The van der Waals surface area contributed by atoms with Crippen LogP contribution in [0.4, 0.5) is 10.1 Å². The van der Waals surface area contributed by atoms with E-state index in [1.54, 1.807) is 41.7 Å². The minimum atomic E-state index is -1.27. The van der Waals surface area contributed by atoms with Gasteiger partial charge in [0.15, 0.2) is 0 Å². The molecule has 1 heterocycles. The van der Waals surface area contributed by atoms with Crippen molar-refractivity contribution in [1.82, 2.24) is 9.88 Å². The Bertz CT molecular complexity index is 1110. The molecule has 1 atom stereocenters. The number of anilines is 1. The number of hydrogen-bond donors (Lipinski definition) is 3. The molecule has 9 heteroatoms. The lowest BCUT2D eigenvalue weighted by Crippen LogP contribution is -2.51. The smallest absolute Gasteiger partial charge is 0.326 e. The number of rotatable bonds is 6. The molecule has 3 N–H and O–H groups in total. The van der Waals surface area contributed by atoms with Crippen LogP contribution in [0.15, 0.2) is 18.2 Å². The summed E-state index contributed by atoms with van der Waals surface area (Å²) in [5, 5.41) is 14.4. The van der Waals surface area contributed by atoms with Gasteiger partial charge in [0, 0.05) is 18.4 Å². The average molecular weight is 445 g/mol. The average Bonchev–Trinajstić information content (AvgIpc) is 2.89. The highest BCUT2D eigenvalue weighted by Crippen LogP contribution is 2.24. The lowest BCUT2D eigenvalue weighted by molar-refractivity contribution is -0.144. The molecule has 2 aromatic rings. The first-order valence-electron chi connectivity index (χ1n) is 9.98. The molecule has 0 saturated carbocycles. The van der Waals surface area contributed by atoms with Gasteiger partial charge in [-0.2, -0.15) is 0 Å². The Labute approximate surface area is 185 Å². The second-order valence-electron chi connectivity index (χ2n) is 8.85. The number of carboxylic acids is 1. The molecule has 0 saturated heterocycles. The number of amides is 2. The van der Waals surface area contributed by atoms with E-state index in [0.717, 1.165) is 0 Å². The number of aliphatic carboxylic acids is 1. The molecule has 172 valence electrons. The third kappa shape index (κ3) is 4.87. The molecule has 1 unspecified atom stereocenters. The van der Waals surface area contributed by atoms with Crippen LogP contribution in [0.5, 0.6) is 0 Å². The number of nitrogens with one attached hydrogen (secondary N) is 2. The first-order chi connectivity index (χ1) is 14.7. The number of ketones is 1. The van der Waals surface area contributed by atoms with Crippen LogP contribution in [-0.2, 0) is 16.6 Å². The fraction of sp³-hybridized carbons (Fsp3) is 0.391. The van der Waals surface area contributed by atoms with Gasteiger partial charge < -0.3 is 20.3 Å². The molecule has 2 rings (SSSR count). The van der Waals surface area contributed by atoms with Crippen LogP contribution in [0.1, 0.15) is 58.4 Å². The summed E-state index contributed by atoms with van der Waals surface area (Å²) in [5.74, 6) is -4.19. The van der Waals surface area contributed by atoms with E-state index < -0.39 is 40.8 Å². The molecule has 1 aromatic heterocycles. The Kier molecular flexibility index (Phi) is 6.92. The zero-order valence-corrected chi connectivity index (χ0v) is 19.2. The molecule has 0 aliphatic carbocycles. The van der Waals surface area contributed by atoms with E-state index in [-0.39, 0.29) is 16.8 Å². The highest BCUT2D eigenvalue weighted by Gasteiger charge is 2.36. The van der Waals surface area contributed by atoms with Gasteiger partial charge in [-0.05, 0) is 55.5 Å². The van der Waals surface area contributed by atoms with Gasteiger partial charge in [0.2, 0.25) is 0 Å². The molecular weight excluding hydrogens is 417 g/mol. The Hall–Kier alpha value is -3.49. The molecule has 1 aromatic carbocycles. The fourth-order valence-corrected chi connectivity index (χ4v) is 3.50. The van der Waals surface area contributed by atoms with E-state index in [2.05, 4.69) is 10.6 Å². The number of aromatic nitrogens is 1. The highest BCUT2D eigenvalue weighted by molar-refractivity contribution is 6.43. The minimum absolute atomic E-state index is 0.0153. The number of benzene rings is 1. The van der Waals surface area contributed by atoms with Crippen molar-refractivity contribution in [3.05, 3.63) is 52.1 Å². The van der Waals surface area contributed by atoms with Crippen molar-refractivity contribution < 1.29 is 28.7 Å². The summed E-state index contributed by atoms with van der Waals surface area (Å²) in [7, 11) is 1.54. The van der Waals surface area contributed by atoms with Gasteiger partial charge in [0.25, 0.3) is 17.6 Å². The first-order valence-corrected chi connectivity index (χ1v) is 9.98. The van der Waals surface area contributed by atoms with E-state index in [0.29, 0.717) is 16.9 Å². The first kappa shape index (κ1) is 24.8. The van der Waals surface area contributed by atoms with Crippen molar-refractivity contribution >= 4 is 29.3 Å². The number of aryl methyl sites for hydroxylation is 1. The molecule has 2 amide bonds. The Morgan fingerprint density at radius 1 is 1.09 bits per heavy atom. The van der Waals surface area contributed by atoms with Crippen LogP contribution in [-0.4, -0.2) is 39.3 Å². The molecule has 8 nitrogen and oxygen atoms in total. The van der Waals surface area contributed by atoms with Crippen LogP contribution in [0.25, 0.3) is 0 Å². The maximum absolute atomic E-state index is 13.5. The van der Waals surface area contributed by atoms with Gasteiger partial charge in [0.1, 0.15) is 11.9 Å². The number of carbonyl (C=O) groups is 4. The number of halogens is 1. The van der Waals surface area contributed by atoms with Crippen LogP contribution in [0.3, 0.4) is 0 Å². The molecule has 0 fully saturated rings. The quantitative estimate of drug-likeness (QED) is 0.466. The molecule has 0 radical (unpaired) electrons. The lowest BCUT2D eigenvalue weighted by Gasteiger charge is -2.27. The predicted molar refractivity (Wildman–Crippen MR) is 117 cm³/mol. The largest absolute Gasteiger partial charge is 0.480 e. The zero-order chi connectivity index (χ0) is 24.5. The van der Waals surface area contributed by atoms with Crippen LogP contribution >= 0.6 is 0 Å². The summed E-state index contributed by atoms with van der Waals surface area (Å²) in [6.45, 7) is 9.63. The summed E-state index contributed by atoms with van der Waals surface area (Å²) in [6, 6.07) is 2.87. The van der Waals surface area contributed by atoms with Crippen LogP contribution < -0.4 is 10.6 Å². The normalized spacial score (nSPS) is 12.2. The molecule has 32 heavy (non-hydrogen) atoms. The third-order valence-electron chi connectivity index (χ3n) is 5.38.